The van der Waals surface area contributed by atoms with Gasteiger partial charge in [0.25, 0.3) is 5.91 Å². The second-order valence-electron chi connectivity index (χ2n) is 6.31. The first-order valence-corrected chi connectivity index (χ1v) is 10.0. The largest absolute Gasteiger partial charge is 0.506 e. The van der Waals surface area contributed by atoms with Crippen LogP contribution >= 0.6 is 31.9 Å². The van der Waals surface area contributed by atoms with Gasteiger partial charge in [-0.2, -0.15) is 10.2 Å². The van der Waals surface area contributed by atoms with Crippen LogP contribution in [0.4, 0.5) is 0 Å². The van der Waals surface area contributed by atoms with Gasteiger partial charge in [0.1, 0.15) is 5.75 Å². The number of aryl methyl sites for hydroxylation is 2. The Morgan fingerprint density at radius 2 is 1.93 bits per heavy atom. The van der Waals surface area contributed by atoms with E-state index in [1.807, 2.05) is 36.7 Å². The summed E-state index contributed by atoms with van der Waals surface area (Å²) >= 11 is 6.60. The van der Waals surface area contributed by atoms with Gasteiger partial charge in [-0.15, -0.1) is 0 Å². The van der Waals surface area contributed by atoms with Crippen molar-refractivity contribution in [3.05, 3.63) is 79.5 Å². The Bertz CT molecular complexity index is 1040. The molecule has 28 heavy (non-hydrogen) atoms. The number of hydrazone groups is 1. The summed E-state index contributed by atoms with van der Waals surface area (Å²) in [5.74, 6) is -0.280. The van der Waals surface area contributed by atoms with Crippen molar-refractivity contribution in [1.82, 2.24) is 15.2 Å². The minimum atomic E-state index is -0.331. The normalized spacial score (nSPS) is 11.1. The van der Waals surface area contributed by atoms with E-state index in [1.165, 1.54) is 6.21 Å². The van der Waals surface area contributed by atoms with Gasteiger partial charge in [0.15, 0.2) is 0 Å². The SMILES string of the molecule is Cc1cc(C)n(Cc2ccc(C(=O)NN=Cc3cc(Br)cc(Br)c3O)cc2)n1. The molecule has 1 aromatic heterocycles. The van der Waals surface area contributed by atoms with Gasteiger partial charge in [0.2, 0.25) is 0 Å². The molecular weight excluding hydrogens is 488 g/mol. The Labute approximate surface area is 179 Å². The number of benzene rings is 2. The minimum absolute atomic E-state index is 0.0507. The molecule has 0 saturated carbocycles. The molecule has 2 aromatic carbocycles. The highest BCUT2D eigenvalue weighted by Crippen LogP contribution is 2.30. The molecule has 0 aliphatic carbocycles. The first-order chi connectivity index (χ1) is 13.3. The molecule has 3 aromatic rings. The van der Waals surface area contributed by atoms with Crippen molar-refractivity contribution in [2.75, 3.05) is 0 Å². The topological polar surface area (TPSA) is 79.5 Å². The molecule has 0 fully saturated rings. The van der Waals surface area contributed by atoms with Crippen LogP contribution in [0.2, 0.25) is 0 Å². The number of nitrogens with one attached hydrogen (secondary N) is 1. The average molecular weight is 506 g/mol. The van der Waals surface area contributed by atoms with Crippen molar-refractivity contribution in [3.8, 4) is 5.75 Å². The number of aromatic hydroxyl groups is 1. The van der Waals surface area contributed by atoms with Crippen LogP contribution in [-0.4, -0.2) is 27.0 Å². The Morgan fingerprint density at radius 3 is 2.57 bits per heavy atom. The summed E-state index contributed by atoms with van der Waals surface area (Å²) in [5, 5.41) is 18.4. The summed E-state index contributed by atoms with van der Waals surface area (Å²) in [6.07, 6.45) is 1.39. The lowest BCUT2D eigenvalue weighted by Crippen LogP contribution is -2.17. The van der Waals surface area contributed by atoms with Crippen LogP contribution in [0.25, 0.3) is 0 Å². The number of carbonyl (C=O) groups excluding carboxylic acids is 1. The number of rotatable bonds is 5. The number of phenols is 1. The maximum absolute atomic E-state index is 12.3. The first kappa shape index (κ1) is 20.3. The van der Waals surface area contributed by atoms with Crippen LogP contribution in [-0.2, 0) is 6.54 Å². The van der Waals surface area contributed by atoms with Crippen LogP contribution in [0.15, 0.2) is 56.5 Å². The molecule has 144 valence electrons. The predicted molar refractivity (Wildman–Crippen MR) is 116 cm³/mol. The maximum Gasteiger partial charge on any atom is 0.271 e. The molecule has 1 heterocycles. The zero-order valence-corrected chi connectivity index (χ0v) is 18.5. The summed E-state index contributed by atoms with van der Waals surface area (Å²) in [5.41, 5.74) is 6.56. The van der Waals surface area contributed by atoms with E-state index >= 15 is 0 Å². The van der Waals surface area contributed by atoms with Gasteiger partial charge in [-0.3, -0.25) is 9.48 Å². The standard InChI is InChI=1S/C20H18Br2N4O2/c1-12-7-13(2)26(25-12)11-14-3-5-15(6-4-14)20(28)24-23-10-16-8-17(21)9-18(22)19(16)27/h3-10,27H,11H2,1-2H3,(H,24,28). The monoisotopic (exact) mass is 504 g/mol. The molecule has 0 unspecified atom stereocenters. The molecule has 8 heteroatoms. The van der Waals surface area contributed by atoms with Crippen molar-refractivity contribution in [3.63, 3.8) is 0 Å². The molecule has 0 aliphatic rings. The Balaban J connectivity index is 1.64. The van der Waals surface area contributed by atoms with Gasteiger partial charge in [-0.05, 0) is 65.7 Å². The third-order valence-corrected chi connectivity index (χ3v) is 5.14. The summed E-state index contributed by atoms with van der Waals surface area (Å²) in [4.78, 5) is 12.3. The summed E-state index contributed by atoms with van der Waals surface area (Å²) < 4.78 is 3.24. The number of halogens is 2. The molecule has 0 aliphatic heterocycles. The quantitative estimate of drug-likeness (QED) is 0.394. The fourth-order valence-corrected chi connectivity index (χ4v) is 3.94. The van der Waals surface area contributed by atoms with Crippen molar-refractivity contribution >= 4 is 44.0 Å². The minimum Gasteiger partial charge on any atom is -0.506 e. The van der Waals surface area contributed by atoms with E-state index in [4.69, 9.17) is 0 Å². The molecular formula is C20H18Br2N4O2. The van der Waals surface area contributed by atoms with Gasteiger partial charge < -0.3 is 5.11 Å². The smallest absolute Gasteiger partial charge is 0.271 e. The second kappa shape index (κ2) is 8.70. The molecule has 0 spiro atoms. The van der Waals surface area contributed by atoms with Crippen molar-refractivity contribution in [1.29, 1.82) is 0 Å². The third-order valence-electron chi connectivity index (χ3n) is 4.08. The van der Waals surface area contributed by atoms with Gasteiger partial charge in [-0.25, -0.2) is 5.43 Å². The number of hydrogen-bond acceptors (Lipinski definition) is 4. The molecule has 6 nitrogen and oxygen atoms in total. The molecule has 0 saturated heterocycles. The Morgan fingerprint density at radius 1 is 1.21 bits per heavy atom. The number of phenolic OH excluding ortho intramolecular Hbond substituents is 1. The van der Waals surface area contributed by atoms with E-state index in [0.717, 1.165) is 21.4 Å². The van der Waals surface area contributed by atoms with E-state index in [0.29, 0.717) is 22.1 Å². The van der Waals surface area contributed by atoms with Crippen LogP contribution < -0.4 is 5.43 Å². The van der Waals surface area contributed by atoms with Crippen LogP contribution in [0, 0.1) is 13.8 Å². The highest BCUT2D eigenvalue weighted by molar-refractivity contribution is 9.11. The predicted octanol–water partition coefficient (Wildman–Crippen LogP) is 4.54. The first-order valence-electron chi connectivity index (χ1n) is 8.45. The Hall–Kier alpha value is -2.45. The molecule has 0 bridgehead atoms. The molecule has 2 N–H and O–H groups in total. The number of nitrogens with zero attached hydrogens (tertiary/aromatic N) is 3. The van der Waals surface area contributed by atoms with Gasteiger partial charge in [0, 0.05) is 21.3 Å². The Kier molecular flexibility index (Phi) is 6.31. The fraction of sp³-hybridized carbons (Fsp3) is 0.150. The van der Waals surface area contributed by atoms with E-state index in [9.17, 15) is 9.90 Å². The van der Waals surface area contributed by atoms with Crippen molar-refractivity contribution < 1.29 is 9.90 Å². The van der Waals surface area contributed by atoms with Crippen LogP contribution in [0.1, 0.15) is 32.9 Å². The molecule has 1 amide bonds. The lowest BCUT2D eigenvalue weighted by atomic mass is 10.1. The van der Waals surface area contributed by atoms with Crippen molar-refractivity contribution in [2.45, 2.75) is 20.4 Å². The summed E-state index contributed by atoms with van der Waals surface area (Å²) in [6.45, 7) is 4.63. The zero-order chi connectivity index (χ0) is 20.3. The average Bonchev–Trinajstić information content (AvgIpc) is 2.96. The van der Waals surface area contributed by atoms with Gasteiger partial charge in [-0.1, -0.05) is 28.1 Å². The molecule has 0 radical (unpaired) electrons. The number of hydrogen-bond donors (Lipinski definition) is 2. The van der Waals surface area contributed by atoms with E-state index in [2.05, 4.69) is 47.5 Å². The lowest BCUT2D eigenvalue weighted by molar-refractivity contribution is 0.0955. The fourth-order valence-electron chi connectivity index (χ4n) is 2.68. The van der Waals surface area contributed by atoms with E-state index in [-0.39, 0.29) is 11.7 Å². The molecule has 0 atom stereocenters. The molecule has 3 rings (SSSR count). The number of carbonyl (C=O) groups is 1. The zero-order valence-electron chi connectivity index (χ0n) is 15.3. The third kappa shape index (κ3) is 4.88. The van der Waals surface area contributed by atoms with E-state index < -0.39 is 0 Å². The number of amides is 1. The summed E-state index contributed by atoms with van der Waals surface area (Å²) in [6, 6.07) is 12.7. The highest BCUT2D eigenvalue weighted by atomic mass is 79.9. The van der Waals surface area contributed by atoms with Gasteiger partial charge in [0.05, 0.1) is 22.9 Å². The second-order valence-corrected chi connectivity index (χ2v) is 8.08. The maximum atomic E-state index is 12.3. The lowest BCUT2D eigenvalue weighted by Gasteiger charge is -2.06. The number of aromatic nitrogens is 2. The van der Waals surface area contributed by atoms with Crippen LogP contribution in [0.5, 0.6) is 5.75 Å². The van der Waals surface area contributed by atoms with Gasteiger partial charge >= 0.3 is 0 Å². The van der Waals surface area contributed by atoms with Crippen molar-refractivity contribution in [2.24, 2.45) is 5.10 Å². The van der Waals surface area contributed by atoms with Crippen LogP contribution in [0.3, 0.4) is 0 Å². The highest BCUT2D eigenvalue weighted by Gasteiger charge is 2.08. The summed E-state index contributed by atoms with van der Waals surface area (Å²) in [7, 11) is 0. The van der Waals surface area contributed by atoms with E-state index in [1.54, 1.807) is 24.3 Å².